The molecular weight excluding hydrogens is 248 g/mol. The van der Waals surface area contributed by atoms with E-state index in [0.29, 0.717) is 18.1 Å². The monoisotopic (exact) mass is 270 g/mol. The largest absolute Gasteiger partial charge is 0.378 e. The molecule has 1 N–H and O–H groups in total. The lowest BCUT2D eigenvalue weighted by Gasteiger charge is -2.27. The van der Waals surface area contributed by atoms with E-state index in [9.17, 15) is 0 Å². The van der Waals surface area contributed by atoms with Crippen LogP contribution >= 0.6 is 0 Å². The molecule has 0 spiro atoms. The Kier molecular flexibility index (Phi) is 3.99. The van der Waals surface area contributed by atoms with E-state index >= 15 is 0 Å². The smallest absolute Gasteiger partial charge is 0.0705 e. The Morgan fingerprint density at radius 3 is 3.10 bits per heavy atom. The molecule has 0 bridgehead atoms. The zero-order valence-electron chi connectivity index (χ0n) is 12.2. The van der Waals surface area contributed by atoms with Gasteiger partial charge in [-0.3, -0.25) is 4.98 Å². The molecular formula is C17H22N2O. The van der Waals surface area contributed by atoms with Crippen LogP contribution in [0.15, 0.2) is 36.5 Å². The number of hydrogen-bond donors (Lipinski definition) is 1. The van der Waals surface area contributed by atoms with Crippen molar-refractivity contribution in [3.05, 3.63) is 42.1 Å². The van der Waals surface area contributed by atoms with E-state index in [2.05, 4.69) is 41.5 Å². The first-order valence-electron chi connectivity index (χ1n) is 7.47. The average molecular weight is 270 g/mol. The van der Waals surface area contributed by atoms with Gasteiger partial charge >= 0.3 is 0 Å². The first kappa shape index (κ1) is 13.5. The summed E-state index contributed by atoms with van der Waals surface area (Å²) in [6.07, 6.45) is 4.43. The molecule has 1 saturated heterocycles. The van der Waals surface area contributed by atoms with Crippen LogP contribution in [0.25, 0.3) is 10.9 Å². The molecule has 2 aromatic rings. The fourth-order valence-electron chi connectivity index (χ4n) is 3.37. The van der Waals surface area contributed by atoms with Crippen molar-refractivity contribution in [2.45, 2.75) is 31.9 Å². The summed E-state index contributed by atoms with van der Waals surface area (Å²) >= 11 is 0. The van der Waals surface area contributed by atoms with Crippen molar-refractivity contribution >= 4 is 10.9 Å². The quantitative estimate of drug-likeness (QED) is 0.925. The number of nitrogens with one attached hydrogen (secondary N) is 1. The van der Waals surface area contributed by atoms with Crippen LogP contribution in [0, 0.1) is 5.92 Å². The fraction of sp³-hybridized carbons (Fsp3) is 0.471. The number of hydrogen-bond acceptors (Lipinski definition) is 3. The average Bonchev–Trinajstić information content (AvgIpc) is 2.96. The predicted octanol–water partition coefficient (Wildman–Crippen LogP) is 3.31. The second-order valence-electron chi connectivity index (χ2n) is 5.49. The van der Waals surface area contributed by atoms with Crippen LogP contribution in [-0.4, -0.2) is 24.7 Å². The Balaban J connectivity index is 1.94. The van der Waals surface area contributed by atoms with Gasteiger partial charge in [-0.2, -0.15) is 0 Å². The molecule has 3 rings (SSSR count). The van der Waals surface area contributed by atoms with Gasteiger partial charge in [-0.25, -0.2) is 0 Å². The van der Waals surface area contributed by atoms with E-state index in [4.69, 9.17) is 4.74 Å². The molecule has 20 heavy (non-hydrogen) atoms. The third-order valence-corrected chi connectivity index (χ3v) is 4.39. The van der Waals surface area contributed by atoms with Crippen molar-refractivity contribution in [3.8, 4) is 0 Å². The van der Waals surface area contributed by atoms with Crippen LogP contribution in [-0.2, 0) is 4.74 Å². The van der Waals surface area contributed by atoms with E-state index in [1.54, 1.807) is 0 Å². The van der Waals surface area contributed by atoms with Gasteiger partial charge in [0, 0.05) is 30.1 Å². The number of rotatable bonds is 4. The first-order chi connectivity index (χ1) is 9.83. The van der Waals surface area contributed by atoms with Crippen LogP contribution in [0.5, 0.6) is 0 Å². The lowest BCUT2D eigenvalue weighted by atomic mass is 9.86. The predicted molar refractivity (Wildman–Crippen MR) is 81.7 cm³/mol. The standard InChI is InChI=1S/C17H22N2O/c1-3-16-14(8-10-20-16)17(18-2)13-7-6-12-5-4-9-19-15(12)11-13/h4-7,9,11,14,16-18H,3,8,10H2,1-2H3. The molecule has 1 aromatic heterocycles. The summed E-state index contributed by atoms with van der Waals surface area (Å²) in [5.74, 6) is 0.547. The molecule has 0 radical (unpaired) electrons. The molecule has 1 fully saturated rings. The fourth-order valence-corrected chi connectivity index (χ4v) is 3.37. The highest BCUT2D eigenvalue weighted by Gasteiger charge is 2.33. The zero-order chi connectivity index (χ0) is 13.9. The van der Waals surface area contributed by atoms with Crippen molar-refractivity contribution in [2.24, 2.45) is 5.92 Å². The Labute approximate surface area is 120 Å². The topological polar surface area (TPSA) is 34.1 Å². The summed E-state index contributed by atoms with van der Waals surface area (Å²) in [5.41, 5.74) is 2.38. The van der Waals surface area contributed by atoms with E-state index in [0.717, 1.165) is 25.0 Å². The SMILES string of the molecule is CCC1OCCC1C(NC)c1ccc2cccnc2c1. The lowest BCUT2D eigenvalue weighted by Crippen LogP contribution is -2.30. The van der Waals surface area contributed by atoms with Crippen LogP contribution < -0.4 is 5.32 Å². The Morgan fingerprint density at radius 2 is 2.30 bits per heavy atom. The van der Waals surface area contributed by atoms with Crippen LogP contribution in [0.4, 0.5) is 0 Å². The summed E-state index contributed by atoms with van der Waals surface area (Å²) in [6.45, 7) is 3.09. The van der Waals surface area contributed by atoms with Gasteiger partial charge in [-0.15, -0.1) is 0 Å². The molecule has 1 aliphatic rings. The maximum atomic E-state index is 5.85. The zero-order valence-corrected chi connectivity index (χ0v) is 12.2. The summed E-state index contributed by atoms with van der Waals surface area (Å²) in [5, 5.41) is 4.68. The number of fused-ring (bicyclic) bond motifs is 1. The number of ether oxygens (including phenoxy) is 1. The molecule has 1 aromatic carbocycles. The molecule has 0 amide bonds. The number of pyridine rings is 1. The second-order valence-corrected chi connectivity index (χ2v) is 5.49. The van der Waals surface area contributed by atoms with Gasteiger partial charge in [-0.1, -0.05) is 25.1 Å². The molecule has 3 unspecified atom stereocenters. The van der Waals surface area contributed by atoms with E-state index < -0.39 is 0 Å². The summed E-state index contributed by atoms with van der Waals surface area (Å²) in [7, 11) is 2.04. The number of nitrogens with zero attached hydrogens (tertiary/aromatic N) is 1. The minimum atomic E-state index is 0.342. The van der Waals surface area contributed by atoms with Crippen LogP contribution in [0.2, 0.25) is 0 Å². The van der Waals surface area contributed by atoms with Crippen molar-refractivity contribution in [2.75, 3.05) is 13.7 Å². The lowest BCUT2D eigenvalue weighted by molar-refractivity contribution is 0.0782. The first-order valence-corrected chi connectivity index (χ1v) is 7.47. The molecule has 2 heterocycles. The molecule has 106 valence electrons. The minimum absolute atomic E-state index is 0.342. The molecule has 0 aliphatic carbocycles. The summed E-state index contributed by atoms with van der Waals surface area (Å²) in [4.78, 5) is 4.47. The highest BCUT2D eigenvalue weighted by molar-refractivity contribution is 5.79. The number of benzene rings is 1. The van der Waals surface area contributed by atoms with Gasteiger partial charge in [0.1, 0.15) is 0 Å². The van der Waals surface area contributed by atoms with E-state index in [1.807, 2.05) is 19.3 Å². The maximum Gasteiger partial charge on any atom is 0.0705 e. The van der Waals surface area contributed by atoms with E-state index in [1.165, 1.54) is 10.9 Å². The number of aromatic nitrogens is 1. The third kappa shape index (κ3) is 2.43. The molecule has 1 aliphatic heterocycles. The van der Waals surface area contributed by atoms with Gasteiger partial charge in [0.15, 0.2) is 0 Å². The Bertz CT molecular complexity index is 584. The Morgan fingerprint density at radius 1 is 1.40 bits per heavy atom. The summed E-state index contributed by atoms with van der Waals surface area (Å²) < 4.78 is 5.85. The highest BCUT2D eigenvalue weighted by Crippen LogP contribution is 2.35. The van der Waals surface area contributed by atoms with E-state index in [-0.39, 0.29) is 0 Å². The molecule has 3 heteroatoms. The maximum absolute atomic E-state index is 5.85. The van der Waals surface area contributed by atoms with Crippen molar-refractivity contribution in [1.82, 2.24) is 10.3 Å². The van der Waals surface area contributed by atoms with Gasteiger partial charge in [0.25, 0.3) is 0 Å². The third-order valence-electron chi connectivity index (χ3n) is 4.39. The van der Waals surface area contributed by atoms with Crippen LogP contribution in [0.3, 0.4) is 0 Å². The molecule has 3 nitrogen and oxygen atoms in total. The van der Waals surface area contributed by atoms with Crippen LogP contribution in [0.1, 0.15) is 31.4 Å². The second kappa shape index (κ2) is 5.90. The van der Waals surface area contributed by atoms with Gasteiger partial charge in [-0.05, 0) is 37.6 Å². The summed E-state index contributed by atoms with van der Waals surface area (Å²) in [6, 6.07) is 11.0. The Hall–Kier alpha value is -1.45. The van der Waals surface area contributed by atoms with Gasteiger partial charge < -0.3 is 10.1 Å². The van der Waals surface area contributed by atoms with Crippen molar-refractivity contribution < 1.29 is 4.74 Å². The minimum Gasteiger partial charge on any atom is -0.378 e. The highest BCUT2D eigenvalue weighted by atomic mass is 16.5. The normalized spacial score (nSPS) is 24.1. The van der Waals surface area contributed by atoms with Gasteiger partial charge in [0.05, 0.1) is 11.6 Å². The van der Waals surface area contributed by atoms with Crippen molar-refractivity contribution in [1.29, 1.82) is 0 Å². The van der Waals surface area contributed by atoms with Crippen molar-refractivity contribution in [3.63, 3.8) is 0 Å². The molecule has 0 saturated carbocycles. The molecule has 3 atom stereocenters. The van der Waals surface area contributed by atoms with Gasteiger partial charge in [0.2, 0.25) is 0 Å².